The van der Waals surface area contributed by atoms with Crippen LogP contribution in [0.3, 0.4) is 0 Å². The van der Waals surface area contributed by atoms with Gasteiger partial charge in [0.05, 0.1) is 10.6 Å². The van der Waals surface area contributed by atoms with Crippen molar-refractivity contribution in [1.82, 2.24) is 25.6 Å². The minimum atomic E-state index is -4.48. The second-order valence-corrected chi connectivity index (χ2v) is 7.50. The lowest BCUT2D eigenvalue weighted by atomic mass is 10.2. The number of aromatic amines is 1. The van der Waals surface area contributed by atoms with Crippen LogP contribution in [0.5, 0.6) is 0 Å². The quantitative estimate of drug-likeness (QED) is 0.539. The molecule has 2 N–H and O–H groups in total. The number of nitriles is 1. The summed E-state index contributed by atoms with van der Waals surface area (Å²) in [6, 6.07) is 10.5. The molecule has 0 radical (unpaired) electrons. The number of H-pyrrole nitrogens is 1. The molecule has 1 aromatic carbocycles. The van der Waals surface area contributed by atoms with Crippen molar-refractivity contribution in [1.29, 1.82) is 5.26 Å². The third-order valence-corrected chi connectivity index (χ3v) is 5.33. The molecule has 0 saturated carbocycles. The molecule has 3 aromatic rings. The number of rotatable bonds is 5. The largest absolute Gasteiger partial charge is 0.417 e. The predicted molar refractivity (Wildman–Crippen MR) is 117 cm³/mol. The van der Waals surface area contributed by atoms with Crippen molar-refractivity contribution in [2.75, 3.05) is 41.3 Å². The number of nitrogens with one attached hydrogen (secondary N) is 2. The molecule has 0 spiro atoms. The third kappa shape index (κ3) is 5.15. The van der Waals surface area contributed by atoms with Crippen molar-refractivity contribution in [3.63, 3.8) is 0 Å². The number of hydrogen-bond acceptors (Lipinski definition) is 8. The molecule has 33 heavy (non-hydrogen) atoms. The molecule has 0 aliphatic carbocycles. The fourth-order valence-electron chi connectivity index (χ4n) is 3.34. The van der Waals surface area contributed by atoms with Crippen LogP contribution in [0.1, 0.15) is 11.4 Å². The normalized spacial score (nSPS) is 14.8. The summed E-state index contributed by atoms with van der Waals surface area (Å²) in [5, 5.41) is 25.5. The van der Waals surface area contributed by atoms with Crippen LogP contribution in [-0.2, 0) is 6.18 Å². The molecule has 3 heterocycles. The number of benzene rings is 1. The molecule has 1 aliphatic heterocycles. The Balaban J connectivity index is 1.36. The van der Waals surface area contributed by atoms with Crippen LogP contribution in [0.25, 0.3) is 5.57 Å². The van der Waals surface area contributed by atoms with E-state index in [1.807, 2.05) is 35.2 Å². The number of alkyl halides is 3. The Bertz CT molecular complexity index is 1160. The summed E-state index contributed by atoms with van der Waals surface area (Å²) < 4.78 is 38.5. The van der Waals surface area contributed by atoms with Gasteiger partial charge in [-0.2, -0.15) is 23.6 Å². The summed E-state index contributed by atoms with van der Waals surface area (Å²) in [5.41, 5.74) is 1.14. The topological polar surface area (TPSA) is 110 Å². The molecule has 4 rings (SSSR count). The first-order valence-corrected chi connectivity index (χ1v) is 10.2. The Kier molecular flexibility index (Phi) is 6.32. The lowest BCUT2D eigenvalue weighted by Gasteiger charge is -2.37. The number of anilines is 3. The Labute approximate surface area is 191 Å². The lowest BCUT2D eigenvalue weighted by molar-refractivity contribution is -0.137. The van der Waals surface area contributed by atoms with Gasteiger partial charge in [0.25, 0.3) is 0 Å². The van der Waals surface area contributed by atoms with E-state index in [-0.39, 0.29) is 16.4 Å². The summed E-state index contributed by atoms with van der Waals surface area (Å²) in [5.74, 6) is 0.549. The van der Waals surface area contributed by atoms with Crippen molar-refractivity contribution in [2.24, 2.45) is 0 Å². The molecule has 2 aromatic heterocycles. The zero-order valence-corrected chi connectivity index (χ0v) is 17.8. The monoisotopic (exact) mass is 475 g/mol. The minimum Gasteiger partial charge on any atom is -0.368 e. The van der Waals surface area contributed by atoms with E-state index in [0.29, 0.717) is 32.0 Å². The number of pyridine rings is 1. The number of nitrogens with zero attached hydrogens (tertiary/aromatic N) is 7. The first-order valence-electron chi connectivity index (χ1n) is 9.78. The summed E-state index contributed by atoms with van der Waals surface area (Å²) in [6.07, 6.45) is -2.17. The van der Waals surface area contributed by atoms with E-state index in [4.69, 9.17) is 11.6 Å². The summed E-state index contributed by atoms with van der Waals surface area (Å²) in [6.45, 7) is 2.44. The van der Waals surface area contributed by atoms with Crippen LogP contribution in [0.2, 0.25) is 5.02 Å². The van der Waals surface area contributed by atoms with Crippen molar-refractivity contribution in [3.05, 3.63) is 59.1 Å². The molecule has 1 fully saturated rings. The maximum Gasteiger partial charge on any atom is 0.417 e. The Morgan fingerprint density at radius 3 is 2.42 bits per heavy atom. The average molecular weight is 476 g/mol. The van der Waals surface area contributed by atoms with Crippen LogP contribution in [0.15, 0.2) is 42.7 Å². The van der Waals surface area contributed by atoms with Crippen LogP contribution < -0.4 is 15.1 Å². The molecule has 0 unspecified atom stereocenters. The Morgan fingerprint density at radius 2 is 1.85 bits per heavy atom. The first kappa shape index (κ1) is 22.3. The summed E-state index contributed by atoms with van der Waals surface area (Å²) in [7, 11) is 0. The first-order chi connectivity index (χ1) is 15.8. The van der Waals surface area contributed by atoms with Crippen molar-refractivity contribution in [3.8, 4) is 6.07 Å². The van der Waals surface area contributed by atoms with E-state index in [2.05, 4.69) is 35.8 Å². The number of hydrogen-bond donors (Lipinski definition) is 2. The number of tetrazole rings is 1. The van der Waals surface area contributed by atoms with Gasteiger partial charge >= 0.3 is 6.18 Å². The summed E-state index contributed by atoms with van der Waals surface area (Å²) >= 11 is 6.07. The zero-order chi connectivity index (χ0) is 23.4. The number of halogens is 4. The van der Waals surface area contributed by atoms with Gasteiger partial charge in [-0.15, -0.1) is 10.2 Å². The average Bonchev–Trinajstić information content (AvgIpc) is 3.34. The van der Waals surface area contributed by atoms with Gasteiger partial charge < -0.3 is 15.1 Å². The number of piperazine rings is 1. The lowest BCUT2D eigenvalue weighted by Crippen LogP contribution is -2.47. The smallest absolute Gasteiger partial charge is 0.368 e. The second-order valence-electron chi connectivity index (χ2n) is 7.10. The fourth-order valence-corrected chi connectivity index (χ4v) is 3.63. The molecule has 0 amide bonds. The molecule has 1 aliphatic rings. The van der Waals surface area contributed by atoms with Gasteiger partial charge in [-0.25, -0.2) is 4.98 Å². The molecule has 170 valence electrons. The minimum absolute atomic E-state index is 0.0145. The highest BCUT2D eigenvalue weighted by molar-refractivity contribution is 6.33. The van der Waals surface area contributed by atoms with Crippen molar-refractivity contribution < 1.29 is 13.2 Å². The SMILES string of the molecule is N#CC(=CNc1ccc(N2CCN(c3ncc(C(F)(F)F)cc3Cl)CC2)cc1)c1nn[nH]n1. The molecule has 13 heteroatoms. The van der Waals surface area contributed by atoms with E-state index in [0.717, 1.165) is 23.6 Å². The molecular formula is C20H17ClF3N9. The second kappa shape index (κ2) is 9.33. The molecule has 0 atom stereocenters. The zero-order valence-electron chi connectivity index (χ0n) is 17.0. The van der Waals surface area contributed by atoms with E-state index in [1.54, 1.807) is 0 Å². The molecule has 1 saturated heterocycles. The van der Waals surface area contributed by atoms with Crippen LogP contribution >= 0.6 is 11.6 Å². The Morgan fingerprint density at radius 1 is 1.15 bits per heavy atom. The third-order valence-electron chi connectivity index (χ3n) is 5.05. The highest BCUT2D eigenvalue weighted by Crippen LogP contribution is 2.34. The molecular weight excluding hydrogens is 459 g/mol. The van der Waals surface area contributed by atoms with Crippen LogP contribution in [-0.4, -0.2) is 51.8 Å². The van der Waals surface area contributed by atoms with Crippen molar-refractivity contribution in [2.45, 2.75) is 6.18 Å². The Hall–Kier alpha value is -3.85. The van der Waals surface area contributed by atoms with Gasteiger partial charge in [-0.3, -0.25) is 0 Å². The van der Waals surface area contributed by atoms with Gasteiger partial charge in [-0.1, -0.05) is 11.6 Å². The van der Waals surface area contributed by atoms with Crippen molar-refractivity contribution >= 4 is 34.4 Å². The van der Waals surface area contributed by atoms with E-state index >= 15 is 0 Å². The maximum atomic E-state index is 12.8. The van der Waals surface area contributed by atoms with Gasteiger partial charge in [0.15, 0.2) is 0 Å². The van der Waals surface area contributed by atoms with E-state index < -0.39 is 11.7 Å². The van der Waals surface area contributed by atoms with E-state index in [1.165, 1.54) is 6.20 Å². The number of aromatic nitrogens is 5. The maximum absolute atomic E-state index is 12.8. The molecule has 9 nitrogen and oxygen atoms in total. The van der Waals surface area contributed by atoms with E-state index in [9.17, 15) is 18.4 Å². The van der Waals surface area contributed by atoms with Gasteiger partial charge in [0.2, 0.25) is 5.82 Å². The van der Waals surface area contributed by atoms with Gasteiger partial charge in [0.1, 0.15) is 17.5 Å². The van der Waals surface area contributed by atoms with Crippen LogP contribution in [0.4, 0.5) is 30.4 Å². The predicted octanol–water partition coefficient (Wildman–Crippen LogP) is 3.57. The fraction of sp³-hybridized carbons (Fsp3) is 0.250. The van der Waals surface area contributed by atoms with Gasteiger partial charge in [0, 0.05) is 50.0 Å². The highest BCUT2D eigenvalue weighted by atomic mass is 35.5. The number of allylic oxidation sites excluding steroid dienone is 1. The van der Waals surface area contributed by atoms with Gasteiger partial charge in [-0.05, 0) is 35.5 Å². The van der Waals surface area contributed by atoms with Crippen LogP contribution in [0, 0.1) is 11.3 Å². The summed E-state index contributed by atoms with van der Waals surface area (Å²) in [4.78, 5) is 7.98. The highest BCUT2D eigenvalue weighted by Gasteiger charge is 2.32. The molecule has 0 bridgehead atoms. The standard InChI is InChI=1S/C20H17ClF3N9/c21-17-9-14(20(22,23)24)12-27-19(17)33-7-5-32(6-8-33)16-3-1-15(2-4-16)26-11-13(10-25)18-28-30-31-29-18/h1-4,9,11-12,26H,5-8H2,(H,28,29,30,31).